The van der Waals surface area contributed by atoms with Gasteiger partial charge < -0.3 is 11.1 Å². The molecule has 1 atom stereocenters. The number of aromatic nitrogens is 1. The van der Waals surface area contributed by atoms with Crippen molar-refractivity contribution in [3.05, 3.63) is 24.0 Å². The van der Waals surface area contributed by atoms with Crippen molar-refractivity contribution in [2.24, 2.45) is 5.73 Å². The highest BCUT2D eigenvalue weighted by atomic mass is 19.4. The lowest BCUT2D eigenvalue weighted by Crippen LogP contribution is -2.24. The third-order valence-corrected chi connectivity index (χ3v) is 1.96. The van der Waals surface area contributed by atoms with E-state index >= 15 is 0 Å². The Morgan fingerprint density at radius 3 is 2.76 bits per heavy atom. The van der Waals surface area contributed by atoms with Crippen LogP contribution in [0.5, 0.6) is 0 Å². The Hall–Kier alpha value is -1.79. The van der Waals surface area contributed by atoms with E-state index in [4.69, 9.17) is 5.73 Å². The Balaban J connectivity index is 2.68. The zero-order chi connectivity index (χ0) is 13.1. The number of rotatable bonds is 4. The van der Waals surface area contributed by atoms with Gasteiger partial charge in [-0.2, -0.15) is 13.2 Å². The molecule has 0 fully saturated rings. The number of hydrogen-bond acceptors (Lipinski definition) is 3. The minimum Gasteiger partial charge on any atom is -0.382 e. The smallest absolute Gasteiger partial charge is 0.382 e. The van der Waals surface area contributed by atoms with E-state index in [1.807, 2.05) is 0 Å². The molecule has 17 heavy (non-hydrogen) atoms. The molecular formula is C10H12F3N3O. The SMILES string of the molecule is CC(CC(F)(F)F)Nc1ccnc(C(N)=O)c1. The largest absolute Gasteiger partial charge is 0.391 e. The van der Waals surface area contributed by atoms with Gasteiger partial charge in [-0.05, 0) is 19.1 Å². The minimum atomic E-state index is -4.23. The fourth-order valence-electron chi connectivity index (χ4n) is 1.34. The maximum Gasteiger partial charge on any atom is 0.391 e. The molecule has 1 rings (SSSR count). The molecule has 94 valence electrons. The number of anilines is 1. The topological polar surface area (TPSA) is 68.0 Å². The summed E-state index contributed by atoms with van der Waals surface area (Å²) in [5.41, 5.74) is 5.39. The second-order valence-electron chi connectivity index (χ2n) is 3.66. The first-order valence-corrected chi connectivity index (χ1v) is 4.87. The van der Waals surface area contributed by atoms with Crippen LogP contribution in [0.4, 0.5) is 18.9 Å². The van der Waals surface area contributed by atoms with E-state index in [2.05, 4.69) is 10.3 Å². The van der Waals surface area contributed by atoms with E-state index in [0.29, 0.717) is 5.69 Å². The molecule has 1 aromatic rings. The number of primary amides is 1. The van der Waals surface area contributed by atoms with Gasteiger partial charge in [0.1, 0.15) is 5.69 Å². The van der Waals surface area contributed by atoms with Gasteiger partial charge in [0.2, 0.25) is 0 Å². The van der Waals surface area contributed by atoms with Gasteiger partial charge in [0.25, 0.3) is 5.91 Å². The maximum absolute atomic E-state index is 12.1. The van der Waals surface area contributed by atoms with Gasteiger partial charge in [0, 0.05) is 17.9 Å². The van der Waals surface area contributed by atoms with E-state index in [9.17, 15) is 18.0 Å². The first-order chi connectivity index (χ1) is 7.78. The number of amides is 1. The zero-order valence-electron chi connectivity index (χ0n) is 9.08. The Bertz CT molecular complexity index is 406. The summed E-state index contributed by atoms with van der Waals surface area (Å²) in [7, 11) is 0. The molecule has 0 radical (unpaired) electrons. The molecule has 0 saturated carbocycles. The first kappa shape index (κ1) is 13.3. The summed E-state index contributed by atoms with van der Waals surface area (Å²) < 4.78 is 36.3. The van der Waals surface area contributed by atoms with Crippen LogP contribution in [0.3, 0.4) is 0 Å². The van der Waals surface area contributed by atoms with Gasteiger partial charge >= 0.3 is 6.18 Å². The molecule has 0 bridgehead atoms. The van der Waals surface area contributed by atoms with Crippen LogP contribution in [0.1, 0.15) is 23.8 Å². The van der Waals surface area contributed by atoms with Gasteiger partial charge in [0.05, 0.1) is 6.42 Å². The summed E-state index contributed by atoms with van der Waals surface area (Å²) in [5, 5.41) is 2.63. The normalized spacial score (nSPS) is 13.2. The molecule has 0 aliphatic rings. The number of halogens is 3. The number of carbonyl (C=O) groups excluding carboxylic acids is 1. The Morgan fingerprint density at radius 2 is 2.24 bits per heavy atom. The molecular weight excluding hydrogens is 235 g/mol. The maximum atomic E-state index is 12.1. The lowest BCUT2D eigenvalue weighted by molar-refractivity contribution is -0.136. The number of nitrogens with one attached hydrogen (secondary N) is 1. The average molecular weight is 247 g/mol. The van der Waals surface area contributed by atoms with Crippen LogP contribution in [-0.2, 0) is 0 Å². The van der Waals surface area contributed by atoms with Crippen molar-refractivity contribution in [1.82, 2.24) is 4.98 Å². The van der Waals surface area contributed by atoms with E-state index in [1.54, 1.807) is 0 Å². The van der Waals surface area contributed by atoms with Gasteiger partial charge in [-0.25, -0.2) is 0 Å². The van der Waals surface area contributed by atoms with E-state index < -0.39 is 24.5 Å². The predicted octanol–water partition coefficient (Wildman–Crippen LogP) is 1.93. The van der Waals surface area contributed by atoms with Crippen molar-refractivity contribution in [2.75, 3.05) is 5.32 Å². The summed E-state index contributed by atoms with van der Waals surface area (Å²) in [6, 6.07) is 1.99. The minimum absolute atomic E-state index is 0.00853. The van der Waals surface area contributed by atoms with Crippen molar-refractivity contribution >= 4 is 11.6 Å². The highest BCUT2D eigenvalue weighted by Crippen LogP contribution is 2.23. The average Bonchev–Trinajstić information content (AvgIpc) is 2.14. The summed E-state index contributed by atoms with van der Waals surface area (Å²) in [5.74, 6) is -0.725. The van der Waals surface area contributed by atoms with Crippen molar-refractivity contribution in [2.45, 2.75) is 25.6 Å². The molecule has 1 aromatic heterocycles. The second kappa shape index (κ2) is 5.03. The highest BCUT2D eigenvalue weighted by Gasteiger charge is 2.29. The lowest BCUT2D eigenvalue weighted by atomic mass is 10.2. The van der Waals surface area contributed by atoms with Crippen LogP contribution in [0, 0.1) is 0 Å². The first-order valence-electron chi connectivity index (χ1n) is 4.87. The van der Waals surface area contributed by atoms with E-state index in [0.717, 1.165) is 0 Å². The predicted molar refractivity (Wildman–Crippen MR) is 56.5 cm³/mol. The molecule has 1 unspecified atom stereocenters. The summed E-state index contributed by atoms with van der Waals surface area (Å²) >= 11 is 0. The van der Waals surface area contributed by atoms with Crippen molar-refractivity contribution in [3.8, 4) is 0 Å². The van der Waals surface area contributed by atoms with Crippen LogP contribution in [0.2, 0.25) is 0 Å². The number of alkyl halides is 3. The Kier molecular flexibility index (Phi) is 3.93. The van der Waals surface area contributed by atoms with Crippen LogP contribution >= 0.6 is 0 Å². The zero-order valence-corrected chi connectivity index (χ0v) is 9.08. The molecule has 3 N–H and O–H groups in total. The van der Waals surface area contributed by atoms with Gasteiger partial charge in [-0.3, -0.25) is 9.78 Å². The quantitative estimate of drug-likeness (QED) is 0.854. The molecule has 4 nitrogen and oxygen atoms in total. The monoisotopic (exact) mass is 247 g/mol. The van der Waals surface area contributed by atoms with Crippen LogP contribution < -0.4 is 11.1 Å². The molecule has 0 aliphatic heterocycles. The molecule has 0 spiro atoms. The van der Waals surface area contributed by atoms with E-state index in [-0.39, 0.29) is 5.69 Å². The lowest BCUT2D eigenvalue weighted by Gasteiger charge is -2.17. The van der Waals surface area contributed by atoms with Crippen LogP contribution in [0.25, 0.3) is 0 Å². The van der Waals surface area contributed by atoms with Crippen molar-refractivity contribution in [3.63, 3.8) is 0 Å². The molecule has 1 heterocycles. The number of nitrogens with zero attached hydrogens (tertiary/aromatic N) is 1. The number of pyridine rings is 1. The van der Waals surface area contributed by atoms with Crippen LogP contribution in [-0.4, -0.2) is 23.1 Å². The third-order valence-electron chi connectivity index (χ3n) is 1.96. The Labute approximate surface area is 96.0 Å². The number of hydrogen-bond donors (Lipinski definition) is 2. The van der Waals surface area contributed by atoms with Gasteiger partial charge in [-0.15, -0.1) is 0 Å². The molecule has 1 amide bonds. The molecule has 7 heteroatoms. The van der Waals surface area contributed by atoms with Crippen molar-refractivity contribution in [1.29, 1.82) is 0 Å². The molecule has 0 saturated heterocycles. The summed E-state index contributed by atoms with van der Waals surface area (Å²) in [4.78, 5) is 14.5. The van der Waals surface area contributed by atoms with Gasteiger partial charge in [-0.1, -0.05) is 0 Å². The van der Waals surface area contributed by atoms with Crippen LogP contribution in [0.15, 0.2) is 18.3 Å². The molecule has 0 aliphatic carbocycles. The fourth-order valence-corrected chi connectivity index (χ4v) is 1.34. The van der Waals surface area contributed by atoms with Crippen molar-refractivity contribution < 1.29 is 18.0 Å². The molecule has 0 aromatic carbocycles. The fraction of sp³-hybridized carbons (Fsp3) is 0.400. The third kappa shape index (κ3) is 4.71. The van der Waals surface area contributed by atoms with Gasteiger partial charge in [0.15, 0.2) is 0 Å². The number of carbonyl (C=O) groups is 1. The standard InChI is InChI=1S/C10H12F3N3O/c1-6(5-10(11,12)13)16-7-2-3-15-8(4-7)9(14)17/h2-4,6H,5H2,1H3,(H2,14,17)(H,15,16). The highest BCUT2D eigenvalue weighted by molar-refractivity contribution is 5.91. The summed E-state index contributed by atoms with van der Waals surface area (Å²) in [6.07, 6.45) is -3.88. The van der Waals surface area contributed by atoms with E-state index in [1.165, 1.54) is 25.3 Å². The Morgan fingerprint density at radius 1 is 1.59 bits per heavy atom. The second-order valence-corrected chi connectivity index (χ2v) is 3.66. The summed E-state index contributed by atoms with van der Waals surface area (Å²) in [6.45, 7) is 1.40. The number of nitrogens with two attached hydrogens (primary N) is 1.